The van der Waals surface area contributed by atoms with Gasteiger partial charge in [-0.25, -0.2) is 4.39 Å². The molecule has 0 spiro atoms. The van der Waals surface area contributed by atoms with E-state index >= 15 is 0 Å². The van der Waals surface area contributed by atoms with E-state index in [-0.39, 0.29) is 11.9 Å². The first-order valence-electron chi connectivity index (χ1n) is 6.59. The molecular formula is C16H15FN2O. The second-order valence-corrected chi connectivity index (χ2v) is 4.92. The lowest BCUT2D eigenvalue weighted by Gasteiger charge is -2.32. The van der Waals surface area contributed by atoms with E-state index in [0.29, 0.717) is 18.5 Å². The molecule has 0 saturated heterocycles. The molecule has 2 N–H and O–H groups in total. The summed E-state index contributed by atoms with van der Waals surface area (Å²) >= 11 is 0. The minimum absolute atomic E-state index is 0.0530. The molecule has 0 bridgehead atoms. The molecule has 1 unspecified atom stereocenters. The predicted molar refractivity (Wildman–Crippen MR) is 76.1 cm³/mol. The van der Waals surface area contributed by atoms with E-state index in [1.165, 1.54) is 12.1 Å². The molecule has 1 atom stereocenters. The SMILES string of the molecule is NC1CCN(C(=O)c2cccc(F)c2)c2ccccc21. The number of rotatable bonds is 1. The van der Waals surface area contributed by atoms with Gasteiger partial charge in [-0.1, -0.05) is 24.3 Å². The zero-order chi connectivity index (χ0) is 14.1. The average molecular weight is 270 g/mol. The number of halogens is 1. The molecule has 20 heavy (non-hydrogen) atoms. The highest BCUT2D eigenvalue weighted by Crippen LogP contribution is 2.33. The molecule has 3 nitrogen and oxygen atoms in total. The van der Waals surface area contributed by atoms with Gasteiger partial charge in [0.1, 0.15) is 5.82 Å². The number of benzene rings is 2. The van der Waals surface area contributed by atoms with Crippen molar-refractivity contribution in [2.75, 3.05) is 11.4 Å². The van der Waals surface area contributed by atoms with E-state index in [4.69, 9.17) is 5.73 Å². The molecule has 2 aromatic rings. The smallest absolute Gasteiger partial charge is 0.258 e. The van der Waals surface area contributed by atoms with E-state index < -0.39 is 5.82 Å². The first-order chi connectivity index (χ1) is 9.66. The number of carbonyl (C=O) groups is 1. The van der Waals surface area contributed by atoms with Crippen molar-refractivity contribution in [3.8, 4) is 0 Å². The molecule has 1 aliphatic heterocycles. The third-order valence-electron chi connectivity index (χ3n) is 3.61. The molecule has 0 aliphatic carbocycles. The molecular weight excluding hydrogens is 255 g/mol. The Balaban J connectivity index is 1.99. The molecule has 0 aromatic heterocycles. The van der Waals surface area contributed by atoms with Gasteiger partial charge in [-0.15, -0.1) is 0 Å². The van der Waals surface area contributed by atoms with Gasteiger partial charge in [0.05, 0.1) is 0 Å². The predicted octanol–water partition coefficient (Wildman–Crippen LogP) is 2.88. The Morgan fingerprint density at radius 3 is 2.80 bits per heavy atom. The number of para-hydroxylation sites is 1. The summed E-state index contributed by atoms with van der Waals surface area (Å²) in [4.78, 5) is 14.2. The van der Waals surface area contributed by atoms with Crippen LogP contribution in [-0.2, 0) is 0 Å². The van der Waals surface area contributed by atoms with E-state index in [1.54, 1.807) is 17.0 Å². The zero-order valence-electron chi connectivity index (χ0n) is 10.9. The Morgan fingerprint density at radius 1 is 1.20 bits per heavy atom. The third kappa shape index (κ3) is 2.18. The number of hydrogen-bond acceptors (Lipinski definition) is 2. The van der Waals surface area contributed by atoms with Crippen molar-refractivity contribution in [1.29, 1.82) is 0 Å². The first-order valence-corrected chi connectivity index (χ1v) is 6.59. The van der Waals surface area contributed by atoms with Gasteiger partial charge in [-0.2, -0.15) is 0 Å². The Morgan fingerprint density at radius 2 is 2.00 bits per heavy atom. The fourth-order valence-electron chi connectivity index (χ4n) is 2.58. The summed E-state index contributed by atoms with van der Waals surface area (Å²) in [6.07, 6.45) is 0.706. The summed E-state index contributed by atoms with van der Waals surface area (Å²) in [7, 11) is 0. The van der Waals surface area contributed by atoms with Crippen LogP contribution >= 0.6 is 0 Å². The van der Waals surface area contributed by atoms with Gasteiger partial charge >= 0.3 is 0 Å². The van der Waals surface area contributed by atoms with Crippen LogP contribution in [0.15, 0.2) is 48.5 Å². The lowest BCUT2D eigenvalue weighted by atomic mass is 9.96. The second kappa shape index (κ2) is 5.06. The number of hydrogen-bond donors (Lipinski definition) is 1. The lowest BCUT2D eigenvalue weighted by Crippen LogP contribution is -2.38. The monoisotopic (exact) mass is 270 g/mol. The molecule has 0 saturated carbocycles. The molecule has 0 fully saturated rings. The Bertz CT molecular complexity index is 656. The fourth-order valence-corrected chi connectivity index (χ4v) is 2.58. The Hall–Kier alpha value is -2.20. The number of amides is 1. The van der Waals surface area contributed by atoms with Gasteiger partial charge in [0.2, 0.25) is 0 Å². The summed E-state index contributed by atoms with van der Waals surface area (Å²) < 4.78 is 13.3. The van der Waals surface area contributed by atoms with Crippen LogP contribution in [0.25, 0.3) is 0 Å². The highest BCUT2D eigenvalue weighted by molar-refractivity contribution is 6.06. The van der Waals surface area contributed by atoms with Crippen molar-refractivity contribution in [2.24, 2.45) is 5.73 Å². The van der Waals surface area contributed by atoms with Crippen LogP contribution in [0, 0.1) is 5.82 Å². The van der Waals surface area contributed by atoms with E-state index in [2.05, 4.69) is 0 Å². The van der Waals surface area contributed by atoms with Gasteiger partial charge < -0.3 is 10.6 Å². The number of anilines is 1. The molecule has 3 rings (SSSR count). The number of nitrogens with two attached hydrogens (primary N) is 1. The number of fused-ring (bicyclic) bond motifs is 1. The summed E-state index contributed by atoms with van der Waals surface area (Å²) in [5.74, 6) is -0.596. The highest BCUT2D eigenvalue weighted by Gasteiger charge is 2.27. The lowest BCUT2D eigenvalue weighted by molar-refractivity contribution is 0.0984. The fraction of sp³-hybridized carbons (Fsp3) is 0.188. The number of carbonyl (C=O) groups excluding carboxylic acids is 1. The summed E-state index contributed by atoms with van der Waals surface area (Å²) in [6.45, 7) is 0.549. The topological polar surface area (TPSA) is 46.3 Å². The van der Waals surface area contributed by atoms with Gasteiger partial charge in [0.25, 0.3) is 5.91 Å². The van der Waals surface area contributed by atoms with Crippen molar-refractivity contribution in [2.45, 2.75) is 12.5 Å². The van der Waals surface area contributed by atoms with Crippen LogP contribution in [0.3, 0.4) is 0 Å². The molecule has 1 amide bonds. The van der Waals surface area contributed by atoms with Crippen molar-refractivity contribution in [1.82, 2.24) is 0 Å². The van der Waals surface area contributed by atoms with Crippen molar-refractivity contribution in [3.63, 3.8) is 0 Å². The van der Waals surface area contributed by atoms with E-state index in [1.807, 2.05) is 24.3 Å². The van der Waals surface area contributed by atoms with Gasteiger partial charge in [-0.3, -0.25) is 4.79 Å². The first kappa shape index (κ1) is 12.8. The van der Waals surface area contributed by atoms with Gasteiger partial charge in [0, 0.05) is 23.8 Å². The molecule has 0 radical (unpaired) electrons. The van der Waals surface area contributed by atoms with Crippen LogP contribution < -0.4 is 10.6 Å². The van der Waals surface area contributed by atoms with Gasteiger partial charge in [-0.05, 0) is 36.2 Å². The van der Waals surface area contributed by atoms with Crippen molar-refractivity contribution in [3.05, 3.63) is 65.5 Å². The largest absolute Gasteiger partial charge is 0.324 e. The minimum Gasteiger partial charge on any atom is -0.324 e. The maximum absolute atomic E-state index is 13.3. The maximum atomic E-state index is 13.3. The second-order valence-electron chi connectivity index (χ2n) is 4.92. The van der Waals surface area contributed by atoms with Crippen LogP contribution in [0.5, 0.6) is 0 Å². The third-order valence-corrected chi connectivity index (χ3v) is 3.61. The van der Waals surface area contributed by atoms with E-state index in [9.17, 15) is 9.18 Å². The molecule has 2 aromatic carbocycles. The van der Waals surface area contributed by atoms with Crippen LogP contribution in [0.2, 0.25) is 0 Å². The Labute approximate surface area is 116 Å². The minimum atomic E-state index is -0.405. The molecule has 1 aliphatic rings. The molecule has 4 heteroatoms. The van der Waals surface area contributed by atoms with E-state index in [0.717, 1.165) is 11.3 Å². The highest BCUT2D eigenvalue weighted by atomic mass is 19.1. The number of nitrogens with zero attached hydrogens (tertiary/aromatic N) is 1. The van der Waals surface area contributed by atoms with Crippen LogP contribution in [0.4, 0.5) is 10.1 Å². The summed E-state index contributed by atoms with van der Waals surface area (Å²) in [6, 6.07) is 13.3. The Kier molecular flexibility index (Phi) is 3.24. The normalized spacial score (nSPS) is 17.7. The molecule has 102 valence electrons. The summed E-state index contributed by atoms with van der Waals surface area (Å²) in [5.41, 5.74) is 8.21. The van der Waals surface area contributed by atoms with Crippen molar-refractivity contribution >= 4 is 11.6 Å². The van der Waals surface area contributed by atoms with Crippen LogP contribution in [-0.4, -0.2) is 12.5 Å². The van der Waals surface area contributed by atoms with Crippen molar-refractivity contribution < 1.29 is 9.18 Å². The quantitative estimate of drug-likeness (QED) is 0.866. The van der Waals surface area contributed by atoms with Gasteiger partial charge in [0.15, 0.2) is 0 Å². The standard InChI is InChI=1S/C16H15FN2O/c17-12-5-3-4-11(10-12)16(20)19-9-8-14(18)13-6-1-2-7-15(13)19/h1-7,10,14H,8-9,18H2. The molecule has 1 heterocycles. The zero-order valence-corrected chi connectivity index (χ0v) is 10.9. The van der Waals surface area contributed by atoms with Crippen LogP contribution in [0.1, 0.15) is 28.4 Å². The summed E-state index contributed by atoms with van der Waals surface area (Å²) in [5, 5.41) is 0. The average Bonchev–Trinajstić information content (AvgIpc) is 2.47. The maximum Gasteiger partial charge on any atom is 0.258 e.